The van der Waals surface area contributed by atoms with Gasteiger partial charge in [-0.15, -0.1) is 0 Å². The molecule has 2 nitrogen and oxygen atoms in total. The number of hydrogen-bond acceptors (Lipinski definition) is 2. The summed E-state index contributed by atoms with van der Waals surface area (Å²) in [6, 6.07) is 2.35. The summed E-state index contributed by atoms with van der Waals surface area (Å²) < 4.78 is 0. The van der Waals surface area contributed by atoms with Gasteiger partial charge in [0.05, 0.1) is 0 Å². The van der Waals surface area contributed by atoms with Crippen molar-refractivity contribution in [1.82, 2.24) is 10.2 Å². The van der Waals surface area contributed by atoms with E-state index in [-0.39, 0.29) is 0 Å². The standard InChI is InChI=1S/C15H30N2/c1-6-11(4)13-9-17(14-7-12(14)5)15(8-16-13)10(2)3/h10-16H,6-9H2,1-5H3. The second kappa shape index (κ2) is 5.27. The van der Waals surface area contributed by atoms with E-state index < -0.39 is 0 Å². The third kappa shape index (κ3) is 2.85. The summed E-state index contributed by atoms with van der Waals surface area (Å²) in [6.45, 7) is 14.3. The molecule has 1 saturated heterocycles. The van der Waals surface area contributed by atoms with Crippen LogP contribution >= 0.6 is 0 Å². The van der Waals surface area contributed by atoms with Crippen LogP contribution in [0.25, 0.3) is 0 Å². The summed E-state index contributed by atoms with van der Waals surface area (Å²) >= 11 is 0. The summed E-state index contributed by atoms with van der Waals surface area (Å²) in [6.07, 6.45) is 2.72. The number of nitrogens with zero attached hydrogens (tertiary/aromatic N) is 1. The molecule has 2 rings (SSSR count). The fraction of sp³-hybridized carbons (Fsp3) is 1.00. The molecule has 1 saturated carbocycles. The number of rotatable bonds is 4. The Kier molecular flexibility index (Phi) is 4.14. The molecule has 0 amide bonds. The Bertz CT molecular complexity index is 251. The fourth-order valence-electron chi connectivity index (χ4n) is 3.25. The van der Waals surface area contributed by atoms with Gasteiger partial charge >= 0.3 is 0 Å². The van der Waals surface area contributed by atoms with Crippen molar-refractivity contribution in [1.29, 1.82) is 0 Å². The minimum atomic E-state index is 0.711. The molecular formula is C15H30N2. The van der Waals surface area contributed by atoms with Crippen LogP contribution in [0.5, 0.6) is 0 Å². The molecule has 2 fully saturated rings. The molecule has 0 radical (unpaired) electrons. The molecular weight excluding hydrogens is 208 g/mol. The molecule has 5 unspecified atom stereocenters. The third-order valence-corrected chi connectivity index (χ3v) is 5.02. The van der Waals surface area contributed by atoms with Gasteiger partial charge in [-0.2, -0.15) is 0 Å². The van der Waals surface area contributed by atoms with Crippen LogP contribution in [-0.4, -0.2) is 36.1 Å². The Hall–Kier alpha value is -0.0800. The first-order valence-corrected chi connectivity index (χ1v) is 7.53. The van der Waals surface area contributed by atoms with Crippen LogP contribution in [0, 0.1) is 17.8 Å². The van der Waals surface area contributed by atoms with E-state index in [1.165, 1.54) is 25.9 Å². The summed E-state index contributed by atoms with van der Waals surface area (Å²) in [5.41, 5.74) is 0. The van der Waals surface area contributed by atoms with Crippen molar-refractivity contribution in [3.05, 3.63) is 0 Å². The molecule has 2 heteroatoms. The summed E-state index contributed by atoms with van der Waals surface area (Å²) in [5.74, 6) is 2.51. The van der Waals surface area contributed by atoms with Crippen molar-refractivity contribution in [3.8, 4) is 0 Å². The lowest BCUT2D eigenvalue weighted by Gasteiger charge is -2.44. The van der Waals surface area contributed by atoms with E-state index in [0.717, 1.165) is 29.8 Å². The van der Waals surface area contributed by atoms with Gasteiger partial charge in [-0.1, -0.05) is 41.0 Å². The molecule has 1 aliphatic heterocycles. The molecule has 0 bridgehead atoms. The van der Waals surface area contributed by atoms with Crippen molar-refractivity contribution in [2.24, 2.45) is 17.8 Å². The molecule has 0 aromatic carbocycles. The van der Waals surface area contributed by atoms with Crippen molar-refractivity contribution < 1.29 is 0 Å². The maximum Gasteiger partial charge on any atom is 0.0247 e. The smallest absolute Gasteiger partial charge is 0.0247 e. The minimum Gasteiger partial charge on any atom is -0.311 e. The van der Waals surface area contributed by atoms with Gasteiger partial charge in [-0.25, -0.2) is 0 Å². The molecule has 100 valence electrons. The van der Waals surface area contributed by atoms with E-state index in [1.807, 2.05) is 0 Å². The first-order chi connectivity index (χ1) is 8.04. The van der Waals surface area contributed by atoms with Gasteiger partial charge in [0.2, 0.25) is 0 Å². The van der Waals surface area contributed by atoms with Crippen LogP contribution < -0.4 is 5.32 Å². The maximum absolute atomic E-state index is 3.79. The SMILES string of the molecule is CCC(C)C1CN(C2CC2C)C(C(C)C)CN1. The summed E-state index contributed by atoms with van der Waals surface area (Å²) in [4.78, 5) is 2.82. The Morgan fingerprint density at radius 1 is 1.29 bits per heavy atom. The van der Waals surface area contributed by atoms with Crippen molar-refractivity contribution in [2.75, 3.05) is 13.1 Å². The Morgan fingerprint density at radius 2 is 1.94 bits per heavy atom. The topological polar surface area (TPSA) is 15.3 Å². The second-order valence-electron chi connectivity index (χ2n) is 6.69. The quantitative estimate of drug-likeness (QED) is 0.810. The van der Waals surface area contributed by atoms with Crippen molar-refractivity contribution >= 4 is 0 Å². The lowest BCUT2D eigenvalue weighted by atomic mass is 9.92. The van der Waals surface area contributed by atoms with Crippen LogP contribution in [0.15, 0.2) is 0 Å². The lowest BCUT2D eigenvalue weighted by molar-refractivity contribution is 0.0709. The molecule has 0 spiro atoms. The van der Waals surface area contributed by atoms with Gasteiger partial charge < -0.3 is 5.32 Å². The van der Waals surface area contributed by atoms with Crippen molar-refractivity contribution in [2.45, 2.75) is 65.6 Å². The largest absolute Gasteiger partial charge is 0.311 e. The van der Waals surface area contributed by atoms with E-state index >= 15 is 0 Å². The van der Waals surface area contributed by atoms with Crippen molar-refractivity contribution in [3.63, 3.8) is 0 Å². The van der Waals surface area contributed by atoms with E-state index in [2.05, 4.69) is 44.8 Å². The zero-order chi connectivity index (χ0) is 12.6. The van der Waals surface area contributed by atoms with Gasteiger partial charge in [0.25, 0.3) is 0 Å². The molecule has 2 aliphatic rings. The summed E-state index contributed by atoms with van der Waals surface area (Å²) in [7, 11) is 0. The Labute approximate surface area is 107 Å². The maximum atomic E-state index is 3.79. The highest BCUT2D eigenvalue weighted by atomic mass is 15.3. The second-order valence-corrected chi connectivity index (χ2v) is 6.69. The molecule has 0 aromatic rings. The van der Waals surface area contributed by atoms with Crippen LogP contribution in [0.3, 0.4) is 0 Å². The van der Waals surface area contributed by atoms with Gasteiger partial charge in [-0.3, -0.25) is 4.90 Å². The number of hydrogen-bond donors (Lipinski definition) is 1. The highest BCUT2D eigenvalue weighted by molar-refractivity contribution is 5.00. The zero-order valence-corrected chi connectivity index (χ0v) is 12.2. The van der Waals surface area contributed by atoms with Crippen LogP contribution in [0.1, 0.15) is 47.5 Å². The van der Waals surface area contributed by atoms with Gasteiger partial charge in [0, 0.05) is 31.2 Å². The average molecular weight is 238 g/mol. The molecule has 17 heavy (non-hydrogen) atoms. The van der Waals surface area contributed by atoms with E-state index in [9.17, 15) is 0 Å². The van der Waals surface area contributed by atoms with E-state index in [4.69, 9.17) is 0 Å². The first kappa shape index (κ1) is 13.4. The summed E-state index contributed by atoms with van der Waals surface area (Å²) in [5, 5.41) is 3.79. The van der Waals surface area contributed by atoms with Crippen LogP contribution in [-0.2, 0) is 0 Å². The first-order valence-electron chi connectivity index (χ1n) is 7.53. The molecule has 1 aliphatic carbocycles. The van der Waals surface area contributed by atoms with Crippen LogP contribution in [0.4, 0.5) is 0 Å². The molecule has 0 aromatic heterocycles. The van der Waals surface area contributed by atoms with Crippen LogP contribution in [0.2, 0.25) is 0 Å². The Morgan fingerprint density at radius 3 is 2.41 bits per heavy atom. The highest BCUT2D eigenvalue weighted by Gasteiger charge is 2.44. The molecule has 1 N–H and O–H groups in total. The number of nitrogens with one attached hydrogen (secondary N) is 1. The van der Waals surface area contributed by atoms with E-state index in [0.29, 0.717) is 6.04 Å². The highest BCUT2D eigenvalue weighted by Crippen LogP contribution is 2.38. The number of piperazine rings is 1. The molecule has 1 heterocycles. The monoisotopic (exact) mass is 238 g/mol. The predicted molar refractivity (Wildman–Crippen MR) is 74.1 cm³/mol. The predicted octanol–water partition coefficient (Wildman–Crippen LogP) is 2.74. The van der Waals surface area contributed by atoms with Gasteiger partial charge in [-0.05, 0) is 24.2 Å². The molecule has 5 atom stereocenters. The van der Waals surface area contributed by atoms with Gasteiger partial charge in [0.1, 0.15) is 0 Å². The third-order valence-electron chi connectivity index (χ3n) is 5.02. The average Bonchev–Trinajstić information content (AvgIpc) is 3.04. The normalized spacial score (nSPS) is 40.6. The Balaban J connectivity index is 2.00. The fourth-order valence-corrected chi connectivity index (χ4v) is 3.25. The zero-order valence-electron chi connectivity index (χ0n) is 12.2. The van der Waals surface area contributed by atoms with E-state index in [1.54, 1.807) is 0 Å². The lowest BCUT2D eigenvalue weighted by Crippen LogP contribution is -2.60. The minimum absolute atomic E-state index is 0.711. The van der Waals surface area contributed by atoms with Gasteiger partial charge in [0.15, 0.2) is 0 Å².